The number of fused-ring (bicyclic) bond motifs is 1. The fraction of sp³-hybridized carbons (Fsp3) is 0.308. The highest BCUT2D eigenvalue weighted by Gasteiger charge is 2.32. The number of pyridine rings is 1. The number of rotatable bonds is 6. The second-order valence-corrected chi connectivity index (χ2v) is 10.6. The van der Waals surface area contributed by atoms with Crippen molar-refractivity contribution < 1.29 is 23.9 Å². The average Bonchev–Trinajstić information content (AvgIpc) is 3.32. The van der Waals surface area contributed by atoms with E-state index in [1.807, 2.05) is 0 Å². The summed E-state index contributed by atoms with van der Waals surface area (Å²) in [4.78, 5) is 53.7. The standard InChI is InChI=1S/C26H28N8O6/c1-25(2,3)39-23(37)16-14-33(29-17-12-13-18-28-31-32-34(18)30-17)22(36)20(19(16)24(38)40-26(4,5)6)27-21(35)15-10-8-7-9-11-15/h7-14H,1-6H3,(H,27,35)(H,29,30). The Morgan fingerprint density at radius 3 is 2.17 bits per heavy atom. The van der Waals surface area contributed by atoms with Gasteiger partial charge in [0, 0.05) is 11.8 Å². The van der Waals surface area contributed by atoms with Crippen molar-refractivity contribution in [3.63, 3.8) is 0 Å². The molecule has 0 aliphatic carbocycles. The number of nitrogens with zero attached hydrogens (tertiary/aromatic N) is 6. The van der Waals surface area contributed by atoms with E-state index >= 15 is 0 Å². The van der Waals surface area contributed by atoms with Crippen LogP contribution in [-0.4, -0.2) is 59.0 Å². The van der Waals surface area contributed by atoms with Crippen LogP contribution in [0.5, 0.6) is 0 Å². The summed E-state index contributed by atoms with van der Waals surface area (Å²) in [6.45, 7) is 9.83. The Bertz CT molecular complexity index is 1650. The zero-order chi connectivity index (χ0) is 29.2. The third kappa shape index (κ3) is 6.46. The molecule has 0 fully saturated rings. The molecule has 3 aromatic heterocycles. The first-order valence-electron chi connectivity index (χ1n) is 12.2. The lowest BCUT2D eigenvalue weighted by atomic mass is 10.1. The normalized spacial score (nSPS) is 11.7. The van der Waals surface area contributed by atoms with Gasteiger partial charge in [-0.3, -0.25) is 15.0 Å². The number of tetrazole rings is 1. The van der Waals surface area contributed by atoms with Crippen molar-refractivity contribution in [1.82, 2.24) is 29.9 Å². The van der Waals surface area contributed by atoms with Gasteiger partial charge in [-0.05, 0) is 76.2 Å². The van der Waals surface area contributed by atoms with Crippen LogP contribution < -0.4 is 16.3 Å². The molecule has 4 rings (SSSR count). The molecule has 0 aliphatic rings. The predicted molar refractivity (Wildman–Crippen MR) is 143 cm³/mol. The molecule has 3 heterocycles. The number of hydrogen-bond donors (Lipinski definition) is 2. The molecule has 14 heteroatoms. The smallest absolute Gasteiger partial charge is 0.341 e. The van der Waals surface area contributed by atoms with Crippen molar-refractivity contribution in [2.45, 2.75) is 52.7 Å². The minimum Gasteiger partial charge on any atom is -0.456 e. The zero-order valence-corrected chi connectivity index (χ0v) is 22.8. The van der Waals surface area contributed by atoms with Gasteiger partial charge in [-0.1, -0.05) is 18.2 Å². The van der Waals surface area contributed by atoms with Gasteiger partial charge < -0.3 is 14.8 Å². The Labute approximate surface area is 228 Å². The molecule has 14 nitrogen and oxygen atoms in total. The summed E-state index contributed by atoms with van der Waals surface area (Å²) < 4.78 is 13.1. The molecule has 0 aliphatic heterocycles. The van der Waals surface area contributed by atoms with Crippen LogP contribution >= 0.6 is 0 Å². The highest BCUT2D eigenvalue weighted by atomic mass is 16.6. The van der Waals surface area contributed by atoms with Gasteiger partial charge in [-0.25, -0.2) is 14.3 Å². The Morgan fingerprint density at radius 2 is 1.52 bits per heavy atom. The third-order valence-corrected chi connectivity index (χ3v) is 5.01. The van der Waals surface area contributed by atoms with Crippen LogP contribution in [0.15, 0.2) is 53.5 Å². The number of hydrogen-bond acceptors (Lipinski definition) is 11. The average molecular weight is 549 g/mol. The molecule has 0 saturated heterocycles. The summed E-state index contributed by atoms with van der Waals surface area (Å²) in [5.41, 5.74) is -0.788. The lowest BCUT2D eigenvalue weighted by molar-refractivity contribution is 0.00185. The largest absolute Gasteiger partial charge is 0.456 e. The van der Waals surface area contributed by atoms with Crippen molar-refractivity contribution >= 4 is 35.0 Å². The third-order valence-electron chi connectivity index (χ3n) is 5.01. The number of esters is 2. The predicted octanol–water partition coefficient (Wildman–Crippen LogP) is 2.72. The molecular formula is C26H28N8O6. The molecular weight excluding hydrogens is 520 g/mol. The highest BCUT2D eigenvalue weighted by Crippen LogP contribution is 2.24. The first-order valence-corrected chi connectivity index (χ1v) is 12.2. The van der Waals surface area contributed by atoms with Gasteiger partial charge in [0.2, 0.25) is 0 Å². The molecule has 1 amide bonds. The van der Waals surface area contributed by atoms with Crippen molar-refractivity contribution in [1.29, 1.82) is 0 Å². The van der Waals surface area contributed by atoms with E-state index in [1.165, 1.54) is 18.2 Å². The molecule has 1 aromatic carbocycles. The lowest BCUT2D eigenvalue weighted by Gasteiger charge is -2.24. The summed E-state index contributed by atoms with van der Waals surface area (Å²) in [5.74, 6) is -2.51. The van der Waals surface area contributed by atoms with E-state index in [9.17, 15) is 19.2 Å². The first kappa shape index (κ1) is 27.9. The fourth-order valence-electron chi connectivity index (χ4n) is 3.45. The molecule has 0 atom stereocenters. The van der Waals surface area contributed by atoms with Crippen LogP contribution in [0.2, 0.25) is 0 Å². The van der Waals surface area contributed by atoms with Gasteiger partial charge in [0.1, 0.15) is 22.5 Å². The summed E-state index contributed by atoms with van der Waals surface area (Å²) >= 11 is 0. The number of amides is 1. The van der Waals surface area contributed by atoms with Gasteiger partial charge in [0.05, 0.1) is 5.56 Å². The van der Waals surface area contributed by atoms with Gasteiger partial charge >= 0.3 is 11.9 Å². The van der Waals surface area contributed by atoms with Crippen LogP contribution in [0.25, 0.3) is 5.65 Å². The number of benzene rings is 1. The molecule has 0 radical (unpaired) electrons. The maximum Gasteiger partial charge on any atom is 0.341 e. The van der Waals surface area contributed by atoms with Gasteiger partial charge in [-0.2, -0.15) is 0 Å². The Morgan fingerprint density at radius 1 is 0.875 bits per heavy atom. The molecule has 0 unspecified atom stereocenters. The van der Waals surface area contributed by atoms with Gasteiger partial charge in [0.25, 0.3) is 11.5 Å². The van der Waals surface area contributed by atoms with E-state index in [0.717, 1.165) is 15.5 Å². The van der Waals surface area contributed by atoms with E-state index < -0.39 is 45.9 Å². The van der Waals surface area contributed by atoms with Crippen molar-refractivity contribution in [3.8, 4) is 0 Å². The van der Waals surface area contributed by atoms with E-state index in [-0.39, 0.29) is 16.9 Å². The molecule has 0 spiro atoms. The molecule has 0 bridgehead atoms. The second kappa shape index (κ2) is 10.6. The SMILES string of the molecule is CC(C)(C)OC(=O)c1cn(Nc2ccc3nnnn3n2)c(=O)c(NC(=O)c2ccccc2)c1C(=O)OC(C)(C)C. The summed E-state index contributed by atoms with van der Waals surface area (Å²) in [6, 6.07) is 11.1. The minimum atomic E-state index is -1.01. The monoisotopic (exact) mass is 548 g/mol. The van der Waals surface area contributed by atoms with Crippen molar-refractivity contribution in [2.24, 2.45) is 0 Å². The highest BCUT2D eigenvalue weighted by molar-refractivity contribution is 6.12. The summed E-state index contributed by atoms with van der Waals surface area (Å²) in [5, 5.41) is 17.7. The Kier molecular flexibility index (Phi) is 7.36. The number of nitrogens with one attached hydrogen (secondary N) is 2. The summed E-state index contributed by atoms with van der Waals surface area (Å²) in [6.07, 6.45) is 1.08. The number of aromatic nitrogens is 6. The summed E-state index contributed by atoms with van der Waals surface area (Å²) in [7, 11) is 0. The van der Waals surface area contributed by atoms with Crippen LogP contribution in [0.4, 0.5) is 11.5 Å². The quantitative estimate of drug-likeness (QED) is 0.339. The molecule has 0 saturated carbocycles. The number of carbonyl (C=O) groups excluding carboxylic acids is 3. The minimum absolute atomic E-state index is 0.113. The zero-order valence-electron chi connectivity index (χ0n) is 22.8. The van der Waals surface area contributed by atoms with Crippen LogP contribution in [0.3, 0.4) is 0 Å². The number of anilines is 2. The van der Waals surface area contributed by atoms with E-state index in [2.05, 4.69) is 31.4 Å². The van der Waals surface area contributed by atoms with E-state index in [4.69, 9.17) is 9.47 Å². The van der Waals surface area contributed by atoms with E-state index in [0.29, 0.717) is 5.65 Å². The molecule has 40 heavy (non-hydrogen) atoms. The van der Waals surface area contributed by atoms with Gasteiger partial charge in [-0.15, -0.1) is 14.8 Å². The first-order chi connectivity index (χ1) is 18.7. The van der Waals surface area contributed by atoms with Gasteiger partial charge in [0.15, 0.2) is 11.5 Å². The van der Waals surface area contributed by atoms with Crippen molar-refractivity contribution in [3.05, 3.63) is 75.7 Å². The second-order valence-electron chi connectivity index (χ2n) is 10.6. The topological polar surface area (TPSA) is 172 Å². The fourth-order valence-corrected chi connectivity index (χ4v) is 3.45. The van der Waals surface area contributed by atoms with Crippen LogP contribution in [0.1, 0.15) is 72.6 Å². The van der Waals surface area contributed by atoms with Crippen molar-refractivity contribution in [2.75, 3.05) is 10.7 Å². The van der Waals surface area contributed by atoms with Crippen LogP contribution in [0, 0.1) is 0 Å². The molecule has 208 valence electrons. The molecule has 2 N–H and O–H groups in total. The number of carbonyl (C=O) groups is 3. The van der Waals surface area contributed by atoms with E-state index in [1.54, 1.807) is 65.8 Å². The maximum atomic E-state index is 13.8. The Hall–Kier alpha value is -5.14. The maximum absolute atomic E-state index is 13.8. The van der Waals surface area contributed by atoms with Crippen LogP contribution in [-0.2, 0) is 9.47 Å². The number of ether oxygens (including phenoxy) is 2. The molecule has 4 aromatic rings. The lowest BCUT2D eigenvalue weighted by Crippen LogP contribution is -2.36. The Balaban J connectivity index is 1.92.